The molecule has 2 heterocycles. The summed E-state index contributed by atoms with van der Waals surface area (Å²) >= 11 is 0. The quantitative estimate of drug-likeness (QED) is 0.641. The zero-order valence-electron chi connectivity index (χ0n) is 6.82. The third kappa shape index (κ3) is 1.78. The Morgan fingerprint density at radius 1 is 1.62 bits per heavy atom. The van der Waals surface area contributed by atoms with Crippen LogP contribution in [0.1, 0.15) is 5.56 Å². The standard InChI is InChI=1S/C7H9N5O/c8-6-10-7(12-11-6)9-3-5-1-2-13-4-5/h1-2,4H,3H2,(H4,8,9,10,11,12). The molecule has 0 unspecified atom stereocenters. The number of aromatic amines is 1. The summed E-state index contributed by atoms with van der Waals surface area (Å²) in [4.78, 5) is 3.88. The van der Waals surface area contributed by atoms with Gasteiger partial charge in [0, 0.05) is 12.1 Å². The minimum Gasteiger partial charge on any atom is -0.472 e. The minimum absolute atomic E-state index is 0.301. The molecule has 0 saturated heterocycles. The topological polar surface area (TPSA) is 92.8 Å². The van der Waals surface area contributed by atoms with Gasteiger partial charge in [0.1, 0.15) is 0 Å². The largest absolute Gasteiger partial charge is 0.472 e. The molecule has 2 rings (SSSR count). The summed E-state index contributed by atoms with van der Waals surface area (Å²) in [7, 11) is 0. The molecule has 0 atom stereocenters. The number of anilines is 2. The second-order valence-electron chi connectivity index (χ2n) is 2.53. The Hall–Kier alpha value is -1.98. The second-order valence-corrected chi connectivity index (χ2v) is 2.53. The lowest BCUT2D eigenvalue weighted by Gasteiger charge is -1.96. The van der Waals surface area contributed by atoms with Crippen molar-refractivity contribution in [3.63, 3.8) is 0 Å². The predicted octanol–water partition coefficient (Wildman–Crippen LogP) is 0.592. The molecule has 0 amide bonds. The van der Waals surface area contributed by atoms with Crippen LogP contribution in [0.2, 0.25) is 0 Å². The summed E-state index contributed by atoms with van der Waals surface area (Å²) in [6, 6.07) is 1.86. The van der Waals surface area contributed by atoms with Gasteiger partial charge in [0.2, 0.25) is 11.9 Å². The summed E-state index contributed by atoms with van der Waals surface area (Å²) < 4.78 is 4.89. The van der Waals surface area contributed by atoms with Crippen LogP contribution in [0.3, 0.4) is 0 Å². The minimum atomic E-state index is 0.301. The Balaban J connectivity index is 1.93. The number of aromatic nitrogens is 3. The van der Waals surface area contributed by atoms with Crippen LogP contribution in [0.4, 0.5) is 11.9 Å². The molecule has 0 saturated carbocycles. The first kappa shape index (κ1) is 7.66. The van der Waals surface area contributed by atoms with Gasteiger partial charge in [-0.1, -0.05) is 0 Å². The summed E-state index contributed by atoms with van der Waals surface area (Å²) in [6.45, 7) is 0.619. The van der Waals surface area contributed by atoms with Gasteiger partial charge in [0.05, 0.1) is 12.5 Å². The van der Waals surface area contributed by atoms with Crippen molar-refractivity contribution >= 4 is 11.9 Å². The smallest absolute Gasteiger partial charge is 0.243 e. The molecular weight excluding hydrogens is 170 g/mol. The average molecular weight is 179 g/mol. The number of nitrogen functional groups attached to an aromatic ring is 1. The Morgan fingerprint density at radius 2 is 2.54 bits per heavy atom. The van der Waals surface area contributed by atoms with Crippen molar-refractivity contribution < 1.29 is 4.42 Å². The molecule has 4 N–H and O–H groups in total. The van der Waals surface area contributed by atoms with Gasteiger partial charge in [-0.05, 0) is 6.07 Å². The molecule has 2 aromatic rings. The van der Waals surface area contributed by atoms with Crippen LogP contribution >= 0.6 is 0 Å². The summed E-state index contributed by atoms with van der Waals surface area (Å²) in [6.07, 6.45) is 3.27. The molecule has 0 aliphatic heterocycles. The van der Waals surface area contributed by atoms with Gasteiger partial charge in [-0.3, -0.25) is 0 Å². The summed E-state index contributed by atoms with van der Waals surface area (Å²) in [5, 5.41) is 9.32. The Labute approximate surface area is 74.2 Å². The number of nitrogens with one attached hydrogen (secondary N) is 2. The van der Waals surface area contributed by atoms with E-state index in [-0.39, 0.29) is 0 Å². The van der Waals surface area contributed by atoms with Crippen molar-refractivity contribution in [2.45, 2.75) is 6.54 Å². The maximum Gasteiger partial charge on any atom is 0.243 e. The maximum atomic E-state index is 5.34. The molecule has 0 aliphatic carbocycles. The highest BCUT2D eigenvalue weighted by Gasteiger charge is 1.99. The van der Waals surface area contributed by atoms with E-state index in [1.54, 1.807) is 12.5 Å². The van der Waals surface area contributed by atoms with Crippen LogP contribution < -0.4 is 11.1 Å². The number of furan rings is 1. The van der Waals surface area contributed by atoms with E-state index >= 15 is 0 Å². The fourth-order valence-electron chi connectivity index (χ4n) is 0.928. The molecular formula is C7H9N5O. The predicted molar refractivity (Wildman–Crippen MR) is 46.8 cm³/mol. The van der Waals surface area contributed by atoms with E-state index in [1.807, 2.05) is 6.07 Å². The molecule has 0 bridgehead atoms. The van der Waals surface area contributed by atoms with Gasteiger partial charge < -0.3 is 15.5 Å². The molecule has 0 spiro atoms. The first-order valence-corrected chi connectivity index (χ1v) is 3.77. The number of nitrogens with zero attached hydrogens (tertiary/aromatic N) is 2. The highest BCUT2D eigenvalue weighted by Crippen LogP contribution is 2.04. The van der Waals surface area contributed by atoms with Crippen molar-refractivity contribution in [2.24, 2.45) is 0 Å². The maximum absolute atomic E-state index is 5.34. The summed E-state index contributed by atoms with van der Waals surface area (Å²) in [5.41, 5.74) is 6.37. The zero-order valence-corrected chi connectivity index (χ0v) is 6.82. The van der Waals surface area contributed by atoms with Crippen LogP contribution in [0.25, 0.3) is 0 Å². The van der Waals surface area contributed by atoms with Crippen molar-refractivity contribution in [3.8, 4) is 0 Å². The number of hydrogen-bond donors (Lipinski definition) is 3. The van der Waals surface area contributed by atoms with Crippen molar-refractivity contribution in [2.75, 3.05) is 11.1 Å². The summed E-state index contributed by atoms with van der Waals surface area (Å²) in [5.74, 6) is 0.786. The lowest BCUT2D eigenvalue weighted by Crippen LogP contribution is -1.99. The zero-order chi connectivity index (χ0) is 9.10. The van der Waals surface area contributed by atoms with E-state index in [9.17, 15) is 0 Å². The first-order chi connectivity index (χ1) is 6.34. The van der Waals surface area contributed by atoms with E-state index in [4.69, 9.17) is 10.2 Å². The molecule has 13 heavy (non-hydrogen) atoms. The first-order valence-electron chi connectivity index (χ1n) is 3.77. The highest BCUT2D eigenvalue weighted by atomic mass is 16.3. The molecule has 2 aromatic heterocycles. The molecule has 6 nitrogen and oxygen atoms in total. The molecule has 68 valence electrons. The fraction of sp³-hybridized carbons (Fsp3) is 0.143. The van der Waals surface area contributed by atoms with Crippen molar-refractivity contribution in [1.29, 1.82) is 0 Å². The van der Waals surface area contributed by atoms with Crippen LogP contribution in [0, 0.1) is 0 Å². The van der Waals surface area contributed by atoms with Crippen LogP contribution in [-0.2, 0) is 6.54 Å². The van der Waals surface area contributed by atoms with Crippen LogP contribution in [0.5, 0.6) is 0 Å². The lowest BCUT2D eigenvalue weighted by atomic mass is 10.3. The van der Waals surface area contributed by atoms with Crippen molar-refractivity contribution in [3.05, 3.63) is 24.2 Å². The van der Waals surface area contributed by atoms with E-state index in [0.29, 0.717) is 18.4 Å². The molecule has 6 heteroatoms. The molecule has 0 fully saturated rings. The van der Waals surface area contributed by atoms with Gasteiger partial charge in [-0.15, -0.1) is 5.10 Å². The molecule has 0 radical (unpaired) electrons. The number of rotatable bonds is 3. The van der Waals surface area contributed by atoms with E-state index in [0.717, 1.165) is 5.56 Å². The average Bonchev–Trinajstić information content (AvgIpc) is 2.71. The van der Waals surface area contributed by atoms with Gasteiger partial charge in [-0.2, -0.15) is 4.98 Å². The van der Waals surface area contributed by atoms with Crippen LogP contribution in [0.15, 0.2) is 23.0 Å². The SMILES string of the molecule is Nc1nc(NCc2ccoc2)n[nH]1. The van der Waals surface area contributed by atoms with E-state index in [1.165, 1.54) is 0 Å². The number of nitrogens with two attached hydrogens (primary N) is 1. The Bertz CT molecular complexity index is 366. The van der Waals surface area contributed by atoms with Gasteiger partial charge in [0.25, 0.3) is 0 Å². The second kappa shape index (κ2) is 3.18. The van der Waals surface area contributed by atoms with E-state index < -0.39 is 0 Å². The Morgan fingerprint density at radius 3 is 3.15 bits per heavy atom. The van der Waals surface area contributed by atoms with Crippen LogP contribution in [-0.4, -0.2) is 15.2 Å². The van der Waals surface area contributed by atoms with Crippen molar-refractivity contribution in [1.82, 2.24) is 15.2 Å². The third-order valence-corrected chi connectivity index (χ3v) is 1.53. The fourth-order valence-corrected chi connectivity index (χ4v) is 0.928. The molecule has 0 aliphatic rings. The number of H-pyrrole nitrogens is 1. The number of hydrogen-bond acceptors (Lipinski definition) is 5. The van der Waals surface area contributed by atoms with Gasteiger partial charge in [-0.25, -0.2) is 5.10 Å². The molecule has 0 aromatic carbocycles. The highest BCUT2D eigenvalue weighted by molar-refractivity contribution is 5.30. The lowest BCUT2D eigenvalue weighted by molar-refractivity contribution is 0.564. The third-order valence-electron chi connectivity index (χ3n) is 1.53. The van der Waals surface area contributed by atoms with Gasteiger partial charge >= 0.3 is 0 Å². The Kier molecular flexibility index (Phi) is 1.87. The van der Waals surface area contributed by atoms with Gasteiger partial charge in [0.15, 0.2) is 0 Å². The van der Waals surface area contributed by atoms with E-state index in [2.05, 4.69) is 20.5 Å². The monoisotopic (exact) mass is 179 g/mol. The normalized spacial score (nSPS) is 10.2.